The fourth-order valence-corrected chi connectivity index (χ4v) is 4.06. The van der Waals surface area contributed by atoms with Gasteiger partial charge in [-0.1, -0.05) is 48.5 Å². The van der Waals surface area contributed by atoms with Crippen molar-refractivity contribution in [1.29, 1.82) is 0 Å². The van der Waals surface area contributed by atoms with Crippen molar-refractivity contribution in [2.24, 2.45) is 0 Å². The van der Waals surface area contributed by atoms with Gasteiger partial charge in [0.2, 0.25) is 5.91 Å². The Bertz CT molecular complexity index is 936. The molecule has 0 saturated carbocycles. The van der Waals surface area contributed by atoms with E-state index < -0.39 is 36.9 Å². The van der Waals surface area contributed by atoms with Crippen molar-refractivity contribution in [3.63, 3.8) is 0 Å². The molecule has 8 nitrogen and oxygen atoms in total. The SMILES string of the molecule is C=CCCC(=O)N[C@H]1[C@H](OCc2ccc(OC)cc2)O[C@@H]2COC(c3ccccc3)O[C@H]2[C@@H]1O. The molecule has 0 radical (unpaired) electrons. The second kappa shape index (κ2) is 11.6. The highest BCUT2D eigenvalue weighted by Crippen LogP contribution is 2.34. The molecule has 2 aromatic carbocycles. The molecule has 34 heavy (non-hydrogen) atoms. The fourth-order valence-electron chi connectivity index (χ4n) is 4.06. The standard InChI is InChI=1S/C26H31NO7/c1-3-4-10-21(28)27-22-23(29)24-20(16-32-25(34-24)18-8-6-5-7-9-18)33-26(22)31-15-17-11-13-19(30-2)14-12-17/h3,5-9,11-14,20,22-26,29H,1,4,10,15-16H2,2H3,(H,27,28)/t20-,22-,23-,24-,25?,26-/m1/s1. The summed E-state index contributed by atoms with van der Waals surface area (Å²) in [5, 5.41) is 14.1. The predicted molar refractivity (Wildman–Crippen MR) is 124 cm³/mol. The molecule has 0 aromatic heterocycles. The van der Waals surface area contributed by atoms with E-state index in [-0.39, 0.29) is 25.5 Å². The Morgan fingerprint density at radius 3 is 2.65 bits per heavy atom. The van der Waals surface area contributed by atoms with Crippen molar-refractivity contribution in [3.8, 4) is 5.75 Å². The maximum Gasteiger partial charge on any atom is 0.220 e. The summed E-state index contributed by atoms with van der Waals surface area (Å²) in [5.74, 6) is 0.517. The lowest BCUT2D eigenvalue weighted by molar-refractivity contribution is -0.345. The quantitative estimate of drug-likeness (QED) is 0.545. The summed E-state index contributed by atoms with van der Waals surface area (Å²) in [6.45, 7) is 4.11. The number of carbonyl (C=O) groups is 1. The van der Waals surface area contributed by atoms with Crippen LogP contribution >= 0.6 is 0 Å². The number of carbonyl (C=O) groups excluding carboxylic acids is 1. The van der Waals surface area contributed by atoms with Crippen molar-refractivity contribution in [1.82, 2.24) is 5.32 Å². The van der Waals surface area contributed by atoms with Gasteiger partial charge in [0.05, 0.1) is 20.3 Å². The Morgan fingerprint density at radius 1 is 1.18 bits per heavy atom. The van der Waals surface area contributed by atoms with Gasteiger partial charge in [0, 0.05) is 12.0 Å². The van der Waals surface area contributed by atoms with E-state index in [4.69, 9.17) is 23.7 Å². The second-order valence-corrected chi connectivity index (χ2v) is 8.29. The van der Waals surface area contributed by atoms with Crippen LogP contribution in [-0.2, 0) is 30.3 Å². The van der Waals surface area contributed by atoms with Crippen molar-refractivity contribution >= 4 is 5.91 Å². The molecule has 2 saturated heterocycles. The third-order valence-corrected chi connectivity index (χ3v) is 5.91. The molecule has 2 fully saturated rings. The lowest BCUT2D eigenvalue weighted by Crippen LogP contribution is -2.66. The number of benzene rings is 2. The molecule has 2 heterocycles. The van der Waals surface area contributed by atoms with Gasteiger partial charge in [-0.25, -0.2) is 0 Å². The zero-order valence-electron chi connectivity index (χ0n) is 19.2. The molecule has 8 heteroatoms. The van der Waals surface area contributed by atoms with Crippen LogP contribution in [0.15, 0.2) is 67.3 Å². The molecule has 182 valence electrons. The normalized spacial score (nSPS) is 28.5. The average molecular weight is 470 g/mol. The summed E-state index contributed by atoms with van der Waals surface area (Å²) in [6.07, 6.45) is -1.35. The average Bonchev–Trinajstić information content (AvgIpc) is 2.88. The van der Waals surface area contributed by atoms with E-state index >= 15 is 0 Å². The summed E-state index contributed by atoms with van der Waals surface area (Å²) in [5.41, 5.74) is 1.75. The van der Waals surface area contributed by atoms with Gasteiger partial charge in [0.25, 0.3) is 0 Å². The Morgan fingerprint density at radius 2 is 1.94 bits per heavy atom. The predicted octanol–water partition coefficient (Wildman–Crippen LogP) is 2.86. The lowest BCUT2D eigenvalue weighted by Gasteiger charge is -2.47. The first-order valence-corrected chi connectivity index (χ1v) is 11.4. The van der Waals surface area contributed by atoms with Crippen LogP contribution in [-0.4, -0.2) is 55.4 Å². The first-order chi connectivity index (χ1) is 16.6. The van der Waals surface area contributed by atoms with E-state index in [2.05, 4.69) is 11.9 Å². The van der Waals surface area contributed by atoms with Gasteiger partial charge in [-0.05, 0) is 24.1 Å². The minimum atomic E-state index is -1.05. The topological polar surface area (TPSA) is 95.5 Å². The number of methoxy groups -OCH3 is 1. The number of amides is 1. The van der Waals surface area contributed by atoms with Gasteiger partial charge in [-0.2, -0.15) is 0 Å². The number of rotatable bonds is 9. The minimum Gasteiger partial charge on any atom is -0.497 e. The van der Waals surface area contributed by atoms with E-state index in [1.165, 1.54) is 0 Å². The minimum absolute atomic E-state index is 0.223. The van der Waals surface area contributed by atoms with Gasteiger partial charge in [0.1, 0.15) is 30.1 Å². The summed E-state index contributed by atoms with van der Waals surface area (Å²) < 4.78 is 29.3. The fraction of sp³-hybridized carbons (Fsp3) is 0.423. The lowest BCUT2D eigenvalue weighted by atomic mass is 9.95. The van der Waals surface area contributed by atoms with E-state index in [0.29, 0.717) is 6.42 Å². The maximum atomic E-state index is 12.5. The maximum absolute atomic E-state index is 12.5. The molecule has 1 amide bonds. The highest BCUT2D eigenvalue weighted by molar-refractivity contribution is 5.76. The molecule has 0 spiro atoms. The Labute approximate surface area is 199 Å². The highest BCUT2D eigenvalue weighted by atomic mass is 16.7. The number of allylic oxidation sites excluding steroid dienone is 1. The number of fused-ring (bicyclic) bond motifs is 1. The van der Waals surface area contributed by atoms with Crippen LogP contribution in [0.2, 0.25) is 0 Å². The summed E-state index contributed by atoms with van der Waals surface area (Å²) >= 11 is 0. The first kappa shape index (κ1) is 24.4. The van der Waals surface area contributed by atoms with Gasteiger partial charge in [-0.3, -0.25) is 4.79 Å². The summed E-state index contributed by atoms with van der Waals surface area (Å²) in [4.78, 5) is 12.5. The van der Waals surface area contributed by atoms with Crippen LogP contribution in [0.25, 0.3) is 0 Å². The van der Waals surface area contributed by atoms with Crippen molar-refractivity contribution in [3.05, 3.63) is 78.4 Å². The van der Waals surface area contributed by atoms with Crippen LogP contribution in [0, 0.1) is 0 Å². The largest absolute Gasteiger partial charge is 0.497 e. The molecule has 1 unspecified atom stereocenters. The molecule has 6 atom stereocenters. The molecule has 4 rings (SSSR count). The van der Waals surface area contributed by atoms with Crippen LogP contribution in [0.4, 0.5) is 0 Å². The van der Waals surface area contributed by atoms with Crippen LogP contribution in [0.5, 0.6) is 5.75 Å². The van der Waals surface area contributed by atoms with E-state index in [0.717, 1.165) is 16.9 Å². The van der Waals surface area contributed by atoms with E-state index in [1.807, 2.05) is 54.6 Å². The van der Waals surface area contributed by atoms with Crippen LogP contribution in [0.1, 0.15) is 30.3 Å². The molecule has 2 N–H and O–H groups in total. The second-order valence-electron chi connectivity index (χ2n) is 8.29. The third-order valence-electron chi connectivity index (χ3n) is 5.91. The Hall–Kier alpha value is -2.75. The molecule has 2 aliphatic rings. The van der Waals surface area contributed by atoms with Gasteiger partial charge >= 0.3 is 0 Å². The number of aliphatic hydroxyl groups excluding tert-OH is 1. The third kappa shape index (κ3) is 5.84. The number of hydrogen-bond donors (Lipinski definition) is 2. The summed E-state index contributed by atoms with van der Waals surface area (Å²) in [7, 11) is 1.61. The number of aliphatic hydroxyl groups is 1. The number of hydrogen-bond acceptors (Lipinski definition) is 7. The first-order valence-electron chi connectivity index (χ1n) is 11.4. The van der Waals surface area contributed by atoms with E-state index in [1.54, 1.807) is 13.2 Å². The number of ether oxygens (including phenoxy) is 5. The molecule has 0 aliphatic carbocycles. The van der Waals surface area contributed by atoms with Crippen molar-refractivity contribution in [2.45, 2.75) is 56.4 Å². The van der Waals surface area contributed by atoms with Gasteiger partial charge in [-0.15, -0.1) is 6.58 Å². The summed E-state index contributed by atoms with van der Waals surface area (Å²) in [6, 6.07) is 16.1. The van der Waals surface area contributed by atoms with Crippen LogP contribution in [0.3, 0.4) is 0 Å². The Balaban J connectivity index is 1.47. The number of nitrogens with one attached hydrogen (secondary N) is 1. The smallest absolute Gasteiger partial charge is 0.220 e. The molecular weight excluding hydrogens is 438 g/mol. The molecule has 0 bridgehead atoms. The van der Waals surface area contributed by atoms with Gasteiger partial charge < -0.3 is 34.1 Å². The highest BCUT2D eigenvalue weighted by Gasteiger charge is 2.50. The molecular formula is C26H31NO7. The van der Waals surface area contributed by atoms with Gasteiger partial charge in [0.15, 0.2) is 12.6 Å². The van der Waals surface area contributed by atoms with Crippen molar-refractivity contribution in [2.75, 3.05) is 13.7 Å². The molecule has 2 aliphatic heterocycles. The molecule has 2 aromatic rings. The van der Waals surface area contributed by atoms with E-state index in [9.17, 15) is 9.90 Å². The monoisotopic (exact) mass is 469 g/mol. The van der Waals surface area contributed by atoms with Crippen LogP contribution < -0.4 is 10.1 Å². The zero-order chi connectivity index (χ0) is 23.9. The van der Waals surface area contributed by atoms with Crippen molar-refractivity contribution < 1.29 is 33.6 Å². The zero-order valence-corrected chi connectivity index (χ0v) is 19.2. The Kier molecular flexibility index (Phi) is 8.31.